The topological polar surface area (TPSA) is 115 Å². The van der Waals surface area contributed by atoms with E-state index in [0.29, 0.717) is 6.42 Å². The molecule has 0 aromatic rings. The van der Waals surface area contributed by atoms with Crippen molar-refractivity contribution in [1.82, 2.24) is 0 Å². The van der Waals surface area contributed by atoms with Crippen molar-refractivity contribution >= 4 is 17.9 Å². The molecule has 31 heavy (non-hydrogen) atoms. The summed E-state index contributed by atoms with van der Waals surface area (Å²) in [6.07, 6.45) is 16.2. The average molecular weight is 442 g/mol. The Bertz CT molecular complexity index is 524. The largest absolute Gasteiger partial charge is 0.544 e. The molecule has 180 valence electrons. The van der Waals surface area contributed by atoms with Gasteiger partial charge in [0.05, 0.1) is 12.5 Å². The molecule has 7 nitrogen and oxygen atoms in total. The van der Waals surface area contributed by atoms with E-state index >= 15 is 0 Å². The Morgan fingerprint density at radius 3 is 1.58 bits per heavy atom. The molecule has 0 saturated heterocycles. The fourth-order valence-corrected chi connectivity index (χ4v) is 4.30. The third kappa shape index (κ3) is 9.85. The molecular formula is C24H43NO6. The number of carboxylic acid groups (broad SMARTS) is 3. The molecule has 0 aliphatic heterocycles. The quantitative estimate of drug-likeness (QED) is 0.179. The first-order valence-corrected chi connectivity index (χ1v) is 11.8. The molecule has 0 aliphatic rings. The first kappa shape index (κ1) is 29.1. The summed E-state index contributed by atoms with van der Waals surface area (Å²) in [5.41, 5.74) is 0. The smallest absolute Gasteiger partial charge is 0.362 e. The van der Waals surface area contributed by atoms with E-state index in [0.717, 1.165) is 38.5 Å². The van der Waals surface area contributed by atoms with Gasteiger partial charge in [0.25, 0.3) is 0 Å². The number of quaternary nitrogens is 1. The lowest BCUT2D eigenvalue weighted by Crippen LogP contribution is -2.72. The molecule has 7 heteroatoms. The SMILES string of the molecule is CCCCCC/C=C/CCCCCCC[N+](C(C)C(=O)[O-])(C(C)C(=O)O)C(C)C(=O)O. The molecule has 0 radical (unpaired) electrons. The zero-order chi connectivity index (χ0) is 23.9. The third-order valence-electron chi connectivity index (χ3n) is 6.53. The summed E-state index contributed by atoms with van der Waals surface area (Å²) in [6.45, 7) is 6.50. The number of carbonyl (C=O) groups is 3. The third-order valence-corrected chi connectivity index (χ3v) is 6.53. The van der Waals surface area contributed by atoms with Gasteiger partial charge in [-0.1, -0.05) is 51.2 Å². The van der Waals surface area contributed by atoms with Crippen LogP contribution >= 0.6 is 0 Å². The van der Waals surface area contributed by atoms with Crippen LogP contribution in [-0.4, -0.2) is 57.3 Å². The predicted molar refractivity (Wildman–Crippen MR) is 119 cm³/mol. The molecule has 0 aromatic carbocycles. The fourth-order valence-electron chi connectivity index (χ4n) is 4.30. The van der Waals surface area contributed by atoms with E-state index in [-0.39, 0.29) is 6.54 Å². The highest BCUT2D eigenvalue weighted by Gasteiger charge is 2.50. The van der Waals surface area contributed by atoms with Crippen LogP contribution in [0.4, 0.5) is 0 Å². The van der Waals surface area contributed by atoms with Crippen LogP contribution in [0.15, 0.2) is 12.2 Å². The van der Waals surface area contributed by atoms with Gasteiger partial charge in [-0.15, -0.1) is 0 Å². The van der Waals surface area contributed by atoms with Crippen LogP contribution in [0.25, 0.3) is 0 Å². The number of hydrogen-bond donors (Lipinski definition) is 2. The maximum atomic E-state index is 11.7. The molecular weight excluding hydrogens is 398 g/mol. The van der Waals surface area contributed by atoms with Crippen molar-refractivity contribution < 1.29 is 34.2 Å². The Hall–Kier alpha value is -1.89. The molecule has 0 saturated carbocycles. The first-order chi connectivity index (χ1) is 14.6. The van der Waals surface area contributed by atoms with E-state index in [9.17, 15) is 29.7 Å². The summed E-state index contributed by atoms with van der Waals surface area (Å²) < 4.78 is -0.548. The van der Waals surface area contributed by atoms with Gasteiger partial charge in [0.2, 0.25) is 0 Å². The van der Waals surface area contributed by atoms with Gasteiger partial charge in [0.15, 0.2) is 12.1 Å². The maximum absolute atomic E-state index is 11.7. The average Bonchev–Trinajstić information content (AvgIpc) is 2.72. The summed E-state index contributed by atoms with van der Waals surface area (Å²) in [5.74, 6) is -3.84. The summed E-state index contributed by atoms with van der Waals surface area (Å²) in [7, 11) is 0. The standard InChI is InChI=1S/C24H43NO6/c1-5-6-7-8-9-10-11-12-13-14-15-16-17-18-25(19(2)22(26)27,20(3)23(28)29)21(4)24(30)31/h10-11,19-21H,5-9,12-18H2,1-4H3,(H2-,26,27,28,29,30,31)/b11-10+. The molecule has 0 rings (SSSR count). The maximum Gasteiger partial charge on any atom is 0.362 e. The van der Waals surface area contributed by atoms with Crippen molar-refractivity contribution in [1.29, 1.82) is 0 Å². The van der Waals surface area contributed by atoms with Crippen LogP contribution in [0.5, 0.6) is 0 Å². The molecule has 0 aliphatic carbocycles. The highest BCUT2D eigenvalue weighted by Crippen LogP contribution is 2.27. The summed E-state index contributed by atoms with van der Waals surface area (Å²) in [4.78, 5) is 35.0. The van der Waals surface area contributed by atoms with Gasteiger partial charge in [-0.3, -0.25) is 4.48 Å². The van der Waals surface area contributed by atoms with Crippen molar-refractivity contribution in [3.05, 3.63) is 12.2 Å². The van der Waals surface area contributed by atoms with Crippen molar-refractivity contribution in [2.24, 2.45) is 0 Å². The highest BCUT2D eigenvalue weighted by atomic mass is 16.4. The Morgan fingerprint density at radius 2 is 1.16 bits per heavy atom. The van der Waals surface area contributed by atoms with E-state index in [1.807, 2.05) is 0 Å². The Kier molecular flexibility index (Phi) is 14.9. The van der Waals surface area contributed by atoms with Gasteiger partial charge in [-0.05, 0) is 59.3 Å². The Labute approximate surface area is 187 Å². The van der Waals surface area contributed by atoms with Crippen LogP contribution in [0.1, 0.15) is 98.3 Å². The monoisotopic (exact) mass is 441 g/mol. The second-order valence-corrected chi connectivity index (χ2v) is 8.62. The van der Waals surface area contributed by atoms with E-state index < -0.39 is 40.5 Å². The zero-order valence-corrected chi connectivity index (χ0v) is 19.8. The minimum atomic E-state index is -1.43. The zero-order valence-electron chi connectivity index (χ0n) is 19.8. The van der Waals surface area contributed by atoms with E-state index in [2.05, 4.69) is 19.1 Å². The number of hydrogen-bond acceptors (Lipinski definition) is 4. The molecule has 0 spiro atoms. The van der Waals surface area contributed by atoms with Crippen molar-refractivity contribution in [2.45, 2.75) is 116 Å². The van der Waals surface area contributed by atoms with Crippen LogP contribution in [0.2, 0.25) is 0 Å². The Balaban J connectivity index is 4.65. The molecule has 0 heterocycles. The van der Waals surface area contributed by atoms with Crippen molar-refractivity contribution in [3.63, 3.8) is 0 Å². The van der Waals surface area contributed by atoms with Gasteiger partial charge in [0, 0.05) is 0 Å². The van der Waals surface area contributed by atoms with Gasteiger partial charge in [-0.25, -0.2) is 9.59 Å². The molecule has 3 unspecified atom stereocenters. The molecule has 2 N–H and O–H groups in total. The lowest BCUT2D eigenvalue weighted by atomic mass is 10.00. The van der Waals surface area contributed by atoms with Crippen LogP contribution in [0, 0.1) is 0 Å². The number of aliphatic carboxylic acids is 3. The van der Waals surface area contributed by atoms with Gasteiger partial charge < -0.3 is 20.1 Å². The number of carbonyl (C=O) groups excluding carboxylic acids is 1. The summed E-state index contributed by atoms with van der Waals surface area (Å²) in [5, 5.41) is 30.7. The van der Waals surface area contributed by atoms with E-state index in [1.54, 1.807) is 0 Å². The van der Waals surface area contributed by atoms with Gasteiger partial charge in [0.1, 0.15) is 6.04 Å². The van der Waals surface area contributed by atoms with Crippen molar-refractivity contribution in [2.75, 3.05) is 6.54 Å². The second kappa shape index (κ2) is 15.8. The fraction of sp³-hybridized carbons (Fsp3) is 0.792. The van der Waals surface area contributed by atoms with Gasteiger partial charge in [-0.2, -0.15) is 0 Å². The number of unbranched alkanes of at least 4 members (excludes halogenated alkanes) is 9. The second-order valence-electron chi connectivity index (χ2n) is 8.62. The molecule has 0 amide bonds. The minimum absolute atomic E-state index is 0.174. The molecule has 0 fully saturated rings. The normalized spacial score (nSPS) is 16.5. The molecule has 0 bridgehead atoms. The summed E-state index contributed by atoms with van der Waals surface area (Å²) >= 11 is 0. The number of rotatable bonds is 19. The Morgan fingerprint density at radius 1 is 0.742 bits per heavy atom. The summed E-state index contributed by atoms with van der Waals surface area (Å²) in [6, 6.07) is -3.57. The number of allylic oxidation sites excluding steroid dienone is 2. The van der Waals surface area contributed by atoms with Crippen LogP contribution < -0.4 is 5.11 Å². The van der Waals surface area contributed by atoms with Crippen LogP contribution in [0.3, 0.4) is 0 Å². The van der Waals surface area contributed by atoms with E-state index in [1.165, 1.54) is 46.5 Å². The highest BCUT2D eigenvalue weighted by molar-refractivity contribution is 5.76. The van der Waals surface area contributed by atoms with Crippen LogP contribution in [-0.2, 0) is 14.4 Å². The molecule has 3 atom stereocenters. The number of nitrogens with zero attached hydrogens (tertiary/aromatic N) is 1. The van der Waals surface area contributed by atoms with E-state index in [4.69, 9.17) is 0 Å². The lowest BCUT2D eigenvalue weighted by Gasteiger charge is -2.49. The first-order valence-electron chi connectivity index (χ1n) is 11.8. The van der Waals surface area contributed by atoms with Crippen molar-refractivity contribution in [3.8, 4) is 0 Å². The lowest BCUT2D eigenvalue weighted by molar-refractivity contribution is -0.969. The van der Waals surface area contributed by atoms with Gasteiger partial charge >= 0.3 is 11.9 Å². The number of carboxylic acids is 3. The minimum Gasteiger partial charge on any atom is -0.544 e. The predicted octanol–water partition coefficient (Wildman–Crippen LogP) is 3.76. The molecule has 0 aromatic heterocycles.